The van der Waals surface area contributed by atoms with Gasteiger partial charge in [-0.1, -0.05) is 0 Å². The Morgan fingerprint density at radius 3 is 2.38 bits per heavy atom. The Morgan fingerprint density at radius 2 is 1.85 bits per heavy atom. The number of carbonyl (C=O) groups excluding carboxylic acids is 2. The molecule has 1 fully saturated rings. The molecule has 1 heterocycles. The van der Waals surface area contributed by atoms with Crippen molar-refractivity contribution < 1.29 is 31.5 Å². The number of nitrogens with zero attached hydrogens (tertiary/aromatic N) is 1. The number of rotatable bonds is 5. The lowest BCUT2D eigenvalue weighted by Gasteiger charge is -2.30. The van der Waals surface area contributed by atoms with Crippen molar-refractivity contribution in [2.45, 2.75) is 19.8 Å². The van der Waals surface area contributed by atoms with Crippen LogP contribution in [0, 0.1) is 17.6 Å². The third-order valence-electron chi connectivity index (χ3n) is 4.30. The maximum Gasteiger partial charge on any atom is 0.340 e. The van der Waals surface area contributed by atoms with Crippen LogP contribution in [0.4, 0.5) is 14.5 Å². The second-order valence-corrected chi connectivity index (χ2v) is 8.12. The quantitative estimate of drug-likeness (QED) is 0.774. The lowest BCUT2D eigenvalue weighted by Crippen LogP contribution is -2.42. The Morgan fingerprint density at radius 1 is 1.23 bits per heavy atom. The van der Waals surface area contributed by atoms with Crippen LogP contribution in [0.5, 0.6) is 0 Å². The summed E-state index contributed by atoms with van der Waals surface area (Å²) in [5.74, 6) is -4.14. The number of carbonyl (C=O) groups is 2. The molecule has 1 aliphatic rings. The topological polar surface area (TPSA) is 92.8 Å². The Bertz CT molecular complexity index is 805. The van der Waals surface area contributed by atoms with E-state index < -0.39 is 45.0 Å². The third kappa shape index (κ3) is 4.36. The number of hydrogen-bond acceptors (Lipinski definition) is 5. The Kier molecular flexibility index (Phi) is 6.30. The van der Waals surface area contributed by atoms with E-state index >= 15 is 0 Å². The standard InChI is InChI=1S/C16H20F2N2O5S/c1-3-26(23,24)20-6-4-10(5-7-20)15(21)19-14-8-11(16(22)25-2)12(17)9-13(14)18/h8-10H,3-7H2,1-2H3,(H,19,21). The van der Waals surface area contributed by atoms with Gasteiger partial charge in [-0.15, -0.1) is 0 Å². The van der Waals surface area contributed by atoms with Gasteiger partial charge in [0.25, 0.3) is 0 Å². The highest BCUT2D eigenvalue weighted by atomic mass is 32.2. The van der Waals surface area contributed by atoms with Gasteiger partial charge in [0.1, 0.15) is 11.6 Å². The van der Waals surface area contributed by atoms with Crippen LogP contribution in [0.2, 0.25) is 0 Å². The van der Waals surface area contributed by atoms with Crippen molar-refractivity contribution in [3.8, 4) is 0 Å². The monoisotopic (exact) mass is 390 g/mol. The number of nitrogens with one attached hydrogen (secondary N) is 1. The molecule has 0 radical (unpaired) electrons. The molecule has 0 atom stereocenters. The van der Waals surface area contributed by atoms with E-state index in [9.17, 15) is 26.8 Å². The highest BCUT2D eigenvalue weighted by Crippen LogP contribution is 2.24. The van der Waals surface area contributed by atoms with Crippen LogP contribution in [0.25, 0.3) is 0 Å². The molecular formula is C16H20F2N2O5S. The first-order chi connectivity index (χ1) is 12.2. The molecule has 1 N–H and O–H groups in total. The lowest BCUT2D eigenvalue weighted by molar-refractivity contribution is -0.120. The SMILES string of the molecule is CCS(=O)(=O)N1CCC(C(=O)Nc2cc(C(=O)OC)c(F)cc2F)CC1. The molecule has 26 heavy (non-hydrogen) atoms. The van der Waals surface area contributed by atoms with Gasteiger partial charge in [-0.25, -0.2) is 26.3 Å². The molecule has 0 saturated carbocycles. The van der Waals surface area contributed by atoms with Crippen LogP contribution < -0.4 is 5.32 Å². The molecule has 2 rings (SSSR count). The van der Waals surface area contributed by atoms with Crippen LogP contribution in [0.3, 0.4) is 0 Å². The molecule has 0 aromatic heterocycles. The van der Waals surface area contributed by atoms with E-state index in [1.807, 2.05) is 0 Å². The maximum atomic E-state index is 13.9. The summed E-state index contributed by atoms with van der Waals surface area (Å²) in [6, 6.07) is 1.38. The Labute approximate surface area is 150 Å². The van der Waals surface area contributed by atoms with E-state index in [4.69, 9.17) is 0 Å². The molecule has 1 amide bonds. The van der Waals surface area contributed by atoms with E-state index in [2.05, 4.69) is 10.1 Å². The van der Waals surface area contributed by atoms with Gasteiger partial charge in [0.05, 0.1) is 24.1 Å². The summed E-state index contributed by atoms with van der Waals surface area (Å²) < 4.78 is 56.9. The summed E-state index contributed by atoms with van der Waals surface area (Å²) in [5, 5.41) is 2.34. The van der Waals surface area contributed by atoms with E-state index in [1.54, 1.807) is 6.92 Å². The predicted molar refractivity (Wildman–Crippen MR) is 90.1 cm³/mol. The van der Waals surface area contributed by atoms with Crippen molar-refractivity contribution >= 4 is 27.6 Å². The second kappa shape index (κ2) is 8.09. The molecule has 0 bridgehead atoms. The number of piperidine rings is 1. The average molecular weight is 390 g/mol. The largest absolute Gasteiger partial charge is 0.465 e. The summed E-state index contributed by atoms with van der Waals surface area (Å²) in [7, 11) is -2.25. The summed E-state index contributed by atoms with van der Waals surface area (Å²) >= 11 is 0. The van der Waals surface area contributed by atoms with Gasteiger partial charge < -0.3 is 10.1 Å². The first-order valence-electron chi connectivity index (χ1n) is 8.05. The van der Waals surface area contributed by atoms with Gasteiger partial charge in [0, 0.05) is 25.1 Å². The first-order valence-corrected chi connectivity index (χ1v) is 9.66. The molecular weight excluding hydrogens is 370 g/mol. The van der Waals surface area contributed by atoms with Gasteiger partial charge >= 0.3 is 5.97 Å². The second-order valence-electron chi connectivity index (χ2n) is 5.87. The van der Waals surface area contributed by atoms with E-state index in [-0.39, 0.29) is 37.4 Å². The zero-order valence-corrected chi connectivity index (χ0v) is 15.2. The van der Waals surface area contributed by atoms with Crippen molar-refractivity contribution in [1.29, 1.82) is 0 Å². The number of amides is 1. The maximum absolute atomic E-state index is 13.9. The van der Waals surface area contributed by atoms with E-state index in [0.29, 0.717) is 6.07 Å². The van der Waals surface area contributed by atoms with Crippen molar-refractivity contribution in [2.24, 2.45) is 5.92 Å². The number of halogens is 2. The predicted octanol–water partition coefficient (Wildman–Crippen LogP) is 1.75. The first kappa shape index (κ1) is 20.2. The van der Waals surface area contributed by atoms with Crippen LogP contribution in [-0.4, -0.2) is 50.6 Å². The molecule has 0 unspecified atom stereocenters. The summed E-state index contributed by atoms with van der Waals surface area (Å²) in [4.78, 5) is 23.8. The fourth-order valence-electron chi connectivity index (χ4n) is 2.72. The summed E-state index contributed by atoms with van der Waals surface area (Å²) in [6.45, 7) is 1.95. The molecule has 1 saturated heterocycles. The fourth-order valence-corrected chi connectivity index (χ4v) is 3.86. The number of esters is 1. The molecule has 10 heteroatoms. The number of anilines is 1. The van der Waals surface area contributed by atoms with E-state index in [0.717, 1.165) is 13.2 Å². The molecule has 1 aromatic carbocycles. The minimum atomic E-state index is -3.31. The fraction of sp³-hybridized carbons (Fsp3) is 0.500. The number of sulfonamides is 1. The minimum absolute atomic E-state index is 0.0129. The number of methoxy groups -OCH3 is 1. The zero-order valence-electron chi connectivity index (χ0n) is 14.4. The van der Waals surface area contributed by atoms with Crippen molar-refractivity contribution in [3.63, 3.8) is 0 Å². The molecule has 7 nitrogen and oxygen atoms in total. The molecule has 0 spiro atoms. The van der Waals surface area contributed by atoms with Gasteiger partial charge in [0.2, 0.25) is 15.9 Å². The molecule has 1 aromatic rings. The van der Waals surface area contributed by atoms with Crippen LogP contribution in [-0.2, 0) is 19.6 Å². The third-order valence-corrected chi connectivity index (χ3v) is 6.18. The number of benzene rings is 1. The number of hydrogen-bond donors (Lipinski definition) is 1. The summed E-state index contributed by atoms with van der Waals surface area (Å²) in [6.07, 6.45) is 0.579. The molecule has 1 aliphatic heterocycles. The highest BCUT2D eigenvalue weighted by molar-refractivity contribution is 7.89. The lowest BCUT2D eigenvalue weighted by atomic mass is 9.97. The van der Waals surface area contributed by atoms with Crippen LogP contribution >= 0.6 is 0 Å². The Hall–Kier alpha value is -2.07. The number of ether oxygens (including phenoxy) is 1. The van der Waals surface area contributed by atoms with Gasteiger partial charge in [0.15, 0.2) is 0 Å². The van der Waals surface area contributed by atoms with Crippen molar-refractivity contribution in [1.82, 2.24) is 4.31 Å². The molecule has 0 aliphatic carbocycles. The van der Waals surface area contributed by atoms with Gasteiger partial charge in [-0.2, -0.15) is 0 Å². The normalized spacial score (nSPS) is 16.3. The van der Waals surface area contributed by atoms with Crippen molar-refractivity contribution in [3.05, 3.63) is 29.3 Å². The Balaban J connectivity index is 2.08. The summed E-state index contributed by atoms with van der Waals surface area (Å²) in [5.41, 5.74) is -0.825. The van der Waals surface area contributed by atoms with Crippen LogP contribution in [0.15, 0.2) is 12.1 Å². The average Bonchev–Trinajstić information content (AvgIpc) is 2.63. The van der Waals surface area contributed by atoms with Gasteiger partial charge in [-0.3, -0.25) is 4.79 Å². The highest BCUT2D eigenvalue weighted by Gasteiger charge is 2.30. The minimum Gasteiger partial charge on any atom is -0.465 e. The van der Waals surface area contributed by atoms with Crippen molar-refractivity contribution in [2.75, 3.05) is 31.3 Å². The van der Waals surface area contributed by atoms with E-state index in [1.165, 1.54) is 4.31 Å². The van der Waals surface area contributed by atoms with Gasteiger partial charge in [-0.05, 0) is 25.8 Å². The zero-order chi connectivity index (χ0) is 19.5. The molecule has 144 valence electrons. The smallest absolute Gasteiger partial charge is 0.340 e. The van der Waals surface area contributed by atoms with Crippen LogP contribution in [0.1, 0.15) is 30.1 Å².